The minimum atomic E-state index is 0.911. The minimum Gasteiger partial charge on any atom is -0.256 e. The maximum atomic E-state index is 4.93. The van der Waals surface area contributed by atoms with Gasteiger partial charge in [-0.3, -0.25) is 19.9 Å². The van der Waals surface area contributed by atoms with Crippen LogP contribution in [0.5, 0.6) is 0 Å². The van der Waals surface area contributed by atoms with Crippen LogP contribution in [0.2, 0.25) is 6.82 Å². The van der Waals surface area contributed by atoms with Crippen LogP contribution in [0.4, 0.5) is 0 Å². The van der Waals surface area contributed by atoms with E-state index in [2.05, 4.69) is 252 Å². The highest BCUT2D eigenvalue weighted by Crippen LogP contribution is 2.46. The molecule has 383 valence electrons. The third kappa shape index (κ3) is 9.99. The van der Waals surface area contributed by atoms with E-state index in [-0.39, 0.29) is 0 Å². The Balaban J connectivity index is 0.000000168. The van der Waals surface area contributed by atoms with Gasteiger partial charge in [-0.25, -0.2) is 0 Å². The van der Waals surface area contributed by atoms with E-state index in [0.717, 1.165) is 66.5 Å². The molecule has 11 aromatic carbocycles. The highest BCUT2D eigenvalue weighted by atomic mass is 31.0. The van der Waals surface area contributed by atoms with Crippen LogP contribution in [0.25, 0.3) is 143 Å². The molecule has 1 radical (unpaired) electrons. The summed E-state index contributed by atoms with van der Waals surface area (Å²) in [6, 6.07) is 91.1. The van der Waals surface area contributed by atoms with Crippen molar-refractivity contribution in [1.29, 1.82) is 0 Å². The van der Waals surface area contributed by atoms with Gasteiger partial charge in [0.2, 0.25) is 0 Å². The first-order valence-electron chi connectivity index (χ1n) is 27.5. The molecule has 4 nitrogen and oxygen atoms in total. The van der Waals surface area contributed by atoms with Crippen LogP contribution in [0.1, 0.15) is 11.4 Å². The molecule has 0 saturated carbocycles. The summed E-state index contributed by atoms with van der Waals surface area (Å²) >= 11 is 0. The van der Waals surface area contributed by atoms with E-state index in [0.29, 0.717) is 0 Å². The number of fused-ring (bicyclic) bond motifs is 8. The first kappa shape index (κ1) is 50.8. The summed E-state index contributed by atoms with van der Waals surface area (Å²) in [7, 11) is 2.45. The molecule has 4 heterocycles. The number of para-hydroxylation sites is 1. The van der Waals surface area contributed by atoms with Gasteiger partial charge < -0.3 is 0 Å². The maximum absolute atomic E-state index is 4.93. The lowest BCUT2D eigenvalue weighted by molar-refractivity contribution is 1.23. The molecule has 4 aromatic heterocycles. The van der Waals surface area contributed by atoms with Gasteiger partial charge in [0.25, 0.3) is 0 Å². The summed E-state index contributed by atoms with van der Waals surface area (Å²) in [4.78, 5) is 19.4. The summed E-state index contributed by atoms with van der Waals surface area (Å²) in [5.41, 5.74) is 18.8. The Morgan fingerprint density at radius 3 is 1.27 bits per heavy atom. The Labute approximate surface area is 475 Å². The molecule has 0 saturated heterocycles. The van der Waals surface area contributed by atoms with Crippen LogP contribution in [0.3, 0.4) is 0 Å². The molecular weight excluding hydrogens is 999 g/mol. The number of aromatic nitrogens is 4. The van der Waals surface area contributed by atoms with E-state index >= 15 is 0 Å². The third-order valence-corrected chi connectivity index (χ3v) is 15.3. The summed E-state index contributed by atoms with van der Waals surface area (Å²) in [5.74, 6) is 0. The molecule has 0 spiro atoms. The quantitative estimate of drug-likeness (QED) is 0.0721. The van der Waals surface area contributed by atoms with Crippen molar-refractivity contribution >= 4 is 91.9 Å². The topological polar surface area (TPSA) is 51.6 Å². The van der Waals surface area contributed by atoms with Gasteiger partial charge in [0.05, 0.1) is 22.2 Å². The number of aryl methyl sites for hydroxylation is 2. The second-order valence-corrected chi connectivity index (χ2v) is 21.2. The fraction of sp³-hybridized carbons (Fsp3) is 0.0400. The molecular formula is C75H55BN4P. The Hall–Kier alpha value is -9.67. The molecule has 1 unspecified atom stereocenters. The van der Waals surface area contributed by atoms with Gasteiger partial charge in [-0.05, 0) is 156 Å². The van der Waals surface area contributed by atoms with E-state index in [1.54, 1.807) is 0 Å². The molecule has 0 N–H and O–H groups in total. The zero-order valence-corrected chi connectivity index (χ0v) is 46.5. The molecule has 15 aromatic rings. The van der Waals surface area contributed by atoms with Gasteiger partial charge in [0, 0.05) is 51.1 Å². The summed E-state index contributed by atoms with van der Waals surface area (Å²) in [6.45, 7) is 7.99. The van der Waals surface area contributed by atoms with E-state index < -0.39 is 0 Å². The number of pyridine rings is 4. The average Bonchev–Trinajstić information content (AvgIpc) is 3.56. The van der Waals surface area contributed by atoms with Crippen molar-refractivity contribution in [2.45, 2.75) is 20.7 Å². The van der Waals surface area contributed by atoms with Crippen LogP contribution in [0, 0.1) is 13.8 Å². The molecule has 0 aliphatic rings. The molecule has 81 heavy (non-hydrogen) atoms. The first-order chi connectivity index (χ1) is 39.9. The van der Waals surface area contributed by atoms with Crippen LogP contribution < -0.4 is 0 Å². The van der Waals surface area contributed by atoms with Crippen molar-refractivity contribution in [2.24, 2.45) is 0 Å². The Morgan fingerprint density at radius 1 is 0.309 bits per heavy atom. The third-order valence-electron chi connectivity index (χ3n) is 15.3. The fourth-order valence-corrected chi connectivity index (χ4v) is 11.6. The van der Waals surface area contributed by atoms with Gasteiger partial charge in [0.1, 0.15) is 7.00 Å². The maximum Gasteiger partial charge on any atom is 0.134 e. The van der Waals surface area contributed by atoms with E-state index in [1.165, 1.54) is 87.6 Å². The van der Waals surface area contributed by atoms with Crippen molar-refractivity contribution in [1.82, 2.24) is 19.9 Å². The predicted octanol–water partition coefficient (Wildman–Crippen LogP) is 20.2. The number of nitrogens with zero attached hydrogens (tertiary/aromatic N) is 4. The zero-order valence-electron chi connectivity index (χ0n) is 45.3. The van der Waals surface area contributed by atoms with Gasteiger partial charge in [0.15, 0.2) is 0 Å². The molecule has 0 aliphatic heterocycles. The molecule has 15 rings (SSSR count). The first-order valence-corrected chi connectivity index (χ1v) is 28.2. The normalized spacial score (nSPS) is 11.2. The fourth-order valence-electron chi connectivity index (χ4n) is 11.6. The van der Waals surface area contributed by atoms with Crippen molar-refractivity contribution in [3.05, 3.63) is 279 Å². The standard InChI is InChI=1S/C48H30N2.C26H20N2.CH5BP/c1-3-11-33-25-37(19-17-31(33)9-1)47-41-14-6-7-15-42(41)48(38-20-18-32-10-2-4-12-34(32)26-38)44-28-35(21-23-43(44)47)39-22-24-46(49-29-39)40-27-36-13-5-8-16-45(36)50-30-40;1-17-15-23(19-9-5-3-6-10-19)21-13-14-22-24(20-11-7-4-8-12-20)16-18(2)28-26(22)25(21)27-17;1-2-3/h1-30H;3-16H,1-2H3;3H2,1H3. The van der Waals surface area contributed by atoms with Crippen molar-refractivity contribution in [2.75, 3.05) is 0 Å². The summed E-state index contributed by atoms with van der Waals surface area (Å²) in [6.07, 6.45) is 3.91. The Bertz CT molecular complexity index is 4730. The largest absolute Gasteiger partial charge is 0.256 e. The molecule has 0 amide bonds. The predicted molar refractivity (Wildman–Crippen MR) is 350 cm³/mol. The lowest BCUT2D eigenvalue weighted by Crippen LogP contribution is -1.94. The minimum absolute atomic E-state index is 0.911. The van der Waals surface area contributed by atoms with Crippen LogP contribution in [0.15, 0.2) is 267 Å². The lowest BCUT2D eigenvalue weighted by atomic mass is 9.84. The average molecular weight is 1050 g/mol. The zero-order chi connectivity index (χ0) is 54.8. The summed E-state index contributed by atoms with van der Waals surface area (Å²) < 4.78 is 0. The van der Waals surface area contributed by atoms with Gasteiger partial charge in [-0.1, -0.05) is 213 Å². The molecule has 0 bridgehead atoms. The Kier molecular flexibility index (Phi) is 13.9. The number of hydrogen-bond acceptors (Lipinski definition) is 4. The highest BCUT2D eigenvalue weighted by Gasteiger charge is 2.19. The molecule has 0 fully saturated rings. The monoisotopic (exact) mass is 1050 g/mol. The van der Waals surface area contributed by atoms with Crippen LogP contribution in [-0.2, 0) is 0 Å². The second-order valence-electron chi connectivity index (χ2n) is 20.6. The number of hydrogen-bond donors (Lipinski definition) is 0. The van der Waals surface area contributed by atoms with E-state index in [1.807, 2.05) is 56.5 Å². The van der Waals surface area contributed by atoms with Crippen LogP contribution >= 0.6 is 9.12 Å². The van der Waals surface area contributed by atoms with Gasteiger partial charge >= 0.3 is 0 Å². The highest BCUT2D eigenvalue weighted by molar-refractivity contribution is 7.55. The van der Waals surface area contributed by atoms with Gasteiger partial charge in [-0.15, -0.1) is 0 Å². The van der Waals surface area contributed by atoms with Gasteiger partial charge in [-0.2, -0.15) is 9.12 Å². The lowest BCUT2D eigenvalue weighted by Gasteiger charge is -2.19. The molecule has 0 aliphatic carbocycles. The van der Waals surface area contributed by atoms with Crippen LogP contribution in [-0.4, -0.2) is 26.9 Å². The van der Waals surface area contributed by atoms with Crippen molar-refractivity contribution < 1.29 is 0 Å². The van der Waals surface area contributed by atoms with E-state index in [4.69, 9.17) is 15.0 Å². The molecule has 6 heteroatoms. The SMILES string of the molecule is C[B]P.Cc1cc(-c2ccccc2)c2ccc3c(-c4ccccc4)cc(C)nc3c2n1.c1ccc2cc(-c3c4ccccc4c(-c4ccc5ccccc5c4)c4cc(-c5ccc(-c6cnc7ccccc7c6)nc5)ccc34)ccc2c1. The van der Waals surface area contributed by atoms with Crippen molar-refractivity contribution in [3.8, 4) is 66.9 Å². The number of rotatable bonds is 6. The van der Waals surface area contributed by atoms with E-state index in [9.17, 15) is 0 Å². The second kappa shape index (κ2) is 22.2. The molecule has 1 atom stereocenters. The Morgan fingerprint density at radius 2 is 0.728 bits per heavy atom. The number of benzene rings is 11. The smallest absolute Gasteiger partial charge is 0.134 e. The summed E-state index contributed by atoms with van der Waals surface area (Å²) in [5, 5.41) is 13.3. The van der Waals surface area contributed by atoms with Crippen molar-refractivity contribution in [3.63, 3.8) is 0 Å².